The number of nitrogens with zero attached hydrogens (tertiary/aromatic N) is 2. The van der Waals surface area contributed by atoms with E-state index < -0.39 is 21.3 Å². The van der Waals surface area contributed by atoms with Crippen LogP contribution in [0.4, 0.5) is 5.82 Å². The number of carbonyl (C=O) groups is 1. The van der Waals surface area contributed by atoms with Crippen molar-refractivity contribution in [2.24, 2.45) is 0 Å². The number of benzene rings is 1. The van der Waals surface area contributed by atoms with Gasteiger partial charge in [0.15, 0.2) is 0 Å². The second-order valence-corrected chi connectivity index (χ2v) is 11.3. The maximum absolute atomic E-state index is 13.6. The molecule has 0 atom stereocenters. The zero-order chi connectivity index (χ0) is 22.6. The fourth-order valence-electron chi connectivity index (χ4n) is 5.28. The standard InChI is InChI=1S/C25H28N4O3S/c30-24(28-33(31,32)22-8-4-7-21-19(22)9-12-26-21)25(10-11-25)20-15-18(17-5-3-6-17)16-27-23(20)29-13-1-2-14-29/h4,7-9,12,15-17,26H,1-3,5-6,10-11,13-14H2,(H,28,30). The lowest BCUT2D eigenvalue weighted by atomic mass is 9.79. The third-order valence-electron chi connectivity index (χ3n) is 7.64. The van der Waals surface area contributed by atoms with Crippen LogP contribution >= 0.6 is 0 Å². The maximum atomic E-state index is 13.6. The minimum absolute atomic E-state index is 0.117. The van der Waals surface area contributed by atoms with Crippen LogP contribution in [0.2, 0.25) is 0 Å². The molecule has 3 fully saturated rings. The summed E-state index contributed by atoms with van der Waals surface area (Å²) in [5.74, 6) is 0.911. The summed E-state index contributed by atoms with van der Waals surface area (Å²) in [6, 6.07) is 8.91. The number of rotatable bonds is 6. The van der Waals surface area contributed by atoms with Crippen LogP contribution in [0.3, 0.4) is 0 Å². The second-order valence-electron chi connectivity index (χ2n) is 9.67. The van der Waals surface area contributed by atoms with Crippen molar-refractivity contribution in [1.29, 1.82) is 0 Å². The smallest absolute Gasteiger partial charge is 0.264 e. The summed E-state index contributed by atoms with van der Waals surface area (Å²) < 4.78 is 28.9. The number of aromatic nitrogens is 2. The second kappa shape index (κ2) is 7.58. The lowest BCUT2D eigenvalue weighted by Gasteiger charge is -2.29. The number of carbonyl (C=O) groups excluding carboxylic acids is 1. The van der Waals surface area contributed by atoms with E-state index in [0.29, 0.717) is 24.1 Å². The minimum Gasteiger partial charge on any atom is -0.361 e. The molecular weight excluding hydrogens is 436 g/mol. The van der Waals surface area contributed by atoms with Gasteiger partial charge in [-0.25, -0.2) is 18.1 Å². The number of hydrogen-bond acceptors (Lipinski definition) is 5. The van der Waals surface area contributed by atoms with Crippen LogP contribution in [-0.2, 0) is 20.2 Å². The van der Waals surface area contributed by atoms with E-state index >= 15 is 0 Å². The first kappa shape index (κ1) is 20.7. The lowest BCUT2D eigenvalue weighted by molar-refractivity contribution is -0.121. The number of amides is 1. The number of fused-ring (bicyclic) bond motifs is 1. The Kier molecular flexibility index (Phi) is 4.76. The molecule has 1 saturated heterocycles. The van der Waals surface area contributed by atoms with Crippen LogP contribution in [0.15, 0.2) is 47.6 Å². The highest BCUT2D eigenvalue weighted by Crippen LogP contribution is 2.52. The SMILES string of the molecule is O=C(NS(=O)(=O)c1cccc2[nH]ccc12)C1(c2cc(C3CCC3)cnc2N2CCCC2)CC1. The van der Waals surface area contributed by atoms with Gasteiger partial charge >= 0.3 is 0 Å². The topological polar surface area (TPSA) is 95.2 Å². The number of pyridine rings is 1. The fourth-order valence-corrected chi connectivity index (χ4v) is 6.56. The van der Waals surface area contributed by atoms with Crippen LogP contribution in [-0.4, -0.2) is 37.4 Å². The van der Waals surface area contributed by atoms with Gasteiger partial charge < -0.3 is 9.88 Å². The van der Waals surface area contributed by atoms with Gasteiger partial charge in [-0.3, -0.25) is 4.79 Å². The van der Waals surface area contributed by atoms with Crippen LogP contribution in [0.1, 0.15) is 62.0 Å². The Bertz CT molecular complexity index is 1330. The molecule has 2 saturated carbocycles. The summed E-state index contributed by atoms with van der Waals surface area (Å²) in [6.45, 7) is 1.85. The van der Waals surface area contributed by atoms with E-state index in [0.717, 1.165) is 55.7 Å². The van der Waals surface area contributed by atoms with E-state index in [9.17, 15) is 13.2 Å². The predicted molar refractivity (Wildman–Crippen MR) is 127 cm³/mol. The van der Waals surface area contributed by atoms with Gasteiger partial charge in [0.1, 0.15) is 5.82 Å². The van der Waals surface area contributed by atoms with Gasteiger partial charge in [-0.1, -0.05) is 12.5 Å². The Morgan fingerprint density at radius 3 is 2.61 bits per heavy atom. The van der Waals surface area contributed by atoms with Crippen molar-refractivity contribution in [3.8, 4) is 0 Å². The van der Waals surface area contributed by atoms with Crippen molar-refractivity contribution < 1.29 is 13.2 Å². The molecule has 1 aromatic carbocycles. The fraction of sp³-hybridized carbons (Fsp3) is 0.440. The quantitative estimate of drug-likeness (QED) is 0.576. The van der Waals surface area contributed by atoms with Crippen LogP contribution < -0.4 is 9.62 Å². The van der Waals surface area contributed by atoms with Crippen molar-refractivity contribution >= 4 is 32.7 Å². The molecule has 0 spiro atoms. The van der Waals surface area contributed by atoms with Crippen molar-refractivity contribution in [2.75, 3.05) is 18.0 Å². The average Bonchev–Trinajstić information content (AvgIpc) is 3.16. The highest BCUT2D eigenvalue weighted by atomic mass is 32.2. The van der Waals surface area contributed by atoms with E-state index in [2.05, 4.69) is 20.7 Å². The Morgan fingerprint density at radius 1 is 1.12 bits per heavy atom. The molecular formula is C25H28N4O3S. The largest absolute Gasteiger partial charge is 0.361 e. The Labute approximate surface area is 193 Å². The van der Waals surface area contributed by atoms with E-state index in [4.69, 9.17) is 4.98 Å². The summed E-state index contributed by atoms with van der Waals surface area (Å²) in [5, 5.41) is 0.578. The van der Waals surface area contributed by atoms with E-state index in [-0.39, 0.29) is 4.90 Å². The zero-order valence-electron chi connectivity index (χ0n) is 18.5. The first-order valence-electron chi connectivity index (χ1n) is 11.9. The third kappa shape index (κ3) is 3.42. The molecule has 3 aliphatic rings. The van der Waals surface area contributed by atoms with Gasteiger partial charge in [0.2, 0.25) is 5.91 Å². The summed E-state index contributed by atoms with van der Waals surface area (Å²) >= 11 is 0. The highest BCUT2D eigenvalue weighted by Gasteiger charge is 2.54. The zero-order valence-corrected chi connectivity index (χ0v) is 19.3. The third-order valence-corrected chi connectivity index (χ3v) is 9.03. The number of aromatic amines is 1. The highest BCUT2D eigenvalue weighted by molar-refractivity contribution is 7.90. The van der Waals surface area contributed by atoms with Crippen LogP contribution in [0.5, 0.6) is 0 Å². The van der Waals surface area contributed by atoms with Crippen LogP contribution in [0.25, 0.3) is 10.9 Å². The van der Waals surface area contributed by atoms with Gasteiger partial charge in [0.05, 0.1) is 10.3 Å². The van der Waals surface area contributed by atoms with Crippen molar-refractivity contribution in [3.63, 3.8) is 0 Å². The molecule has 172 valence electrons. The number of sulfonamides is 1. The van der Waals surface area contributed by atoms with Crippen molar-refractivity contribution in [2.45, 2.75) is 61.2 Å². The van der Waals surface area contributed by atoms with E-state index in [1.54, 1.807) is 24.4 Å². The number of anilines is 1. The Balaban J connectivity index is 1.36. The van der Waals surface area contributed by atoms with Crippen molar-refractivity contribution in [1.82, 2.24) is 14.7 Å². The van der Waals surface area contributed by atoms with Crippen molar-refractivity contribution in [3.05, 3.63) is 53.9 Å². The summed E-state index contributed by atoms with van der Waals surface area (Å²) in [7, 11) is -4.01. The summed E-state index contributed by atoms with van der Waals surface area (Å²) in [4.78, 5) is 23.8. The number of H-pyrrole nitrogens is 1. The van der Waals surface area contributed by atoms with E-state index in [1.165, 1.54) is 12.0 Å². The van der Waals surface area contributed by atoms with Gasteiger partial charge in [0.25, 0.3) is 10.0 Å². The first-order chi connectivity index (χ1) is 16.0. The normalized spacial score (nSPS) is 20.1. The Hall–Kier alpha value is -2.87. The molecule has 7 nitrogen and oxygen atoms in total. The maximum Gasteiger partial charge on any atom is 0.264 e. The molecule has 2 aliphatic carbocycles. The Morgan fingerprint density at radius 2 is 1.91 bits per heavy atom. The molecule has 2 aromatic heterocycles. The average molecular weight is 465 g/mol. The lowest BCUT2D eigenvalue weighted by Crippen LogP contribution is -2.40. The molecule has 1 aliphatic heterocycles. The van der Waals surface area contributed by atoms with E-state index in [1.807, 2.05) is 12.3 Å². The molecule has 3 heterocycles. The molecule has 0 unspecified atom stereocenters. The van der Waals surface area contributed by atoms with Crippen LogP contribution in [0, 0.1) is 0 Å². The summed E-state index contributed by atoms with van der Waals surface area (Å²) in [6.07, 6.45) is 10.7. The molecule has 2 N–H and O–H groups in total. The molecule has 8 heteroatoms. The van der Waals surface area contributed by atoms with Gasteiger partial charge in [0, 0.05) is 41.9 Å². The minimum atomic E-state index is -4.01. The van der Waals surface area contributed by atoms with Gasteiger partial charge in [-0.15, -0.1) is 0 Å². The first-order valence-corrected chi connectivity index (χ1v) is 13.3. The van der Waals surface area contributed by atoms with Gasteiger partial charge in [-0.05, 0) is 74.3 Å². The number of hydrogen-bond donors (Lipinski definition) is 2. The molecule has 33 heavy (non-hydrogen) atoms. The number of nitrogens with one attached hydrogen (secondary N) is 2. The predicted octanol–water partition coefficient (Wildman–Crippen LogP) is 3.97. The molecule has 1 amide bonds. The summed E-state index contributed by atoms with van der Waals surface area (Å²) in [5.41, 5.74) is 1.98. The molecule has 0 bridgehead atoms. The monoisotopic (exact) mass is 464 g/mol. The molecule has 0 radical (unpaired) electrons. The molecule has 6 rings (SSSR count). The van der Waals surface area contributed by atoms with Gasteiger partial charge in [-0.2, -0.15) is 0 Å². The molecule has 3 aromatic rings.